The number of ether oxygens (including phenoxy) is 1. The van der Waals surface area contributed by atoms with Gasteiger partial charge < -0.3 is 4.74 Å². The van der Waals surface area contributed by atoms with Crippen molar-refractivity contribution >= 4 is 10.0 Å². The molecule has 0 bridgehead atoms. The van der Waals surface area contributed by atoms with Crippen LogP contribution in [0.2, 0.25) is 0 Å². The predicted octanol–water partition coefficient (Wildman–Crippen LogP) is 1.97. The average Bonchev–Trinajstić information content (AvgIpc) is 3.02. The Morgan fingerprint density at radius 3 is 2.44 bits per heavy atom. The minimum Gasteiger partial charge on any atom is -0.373 e. The standard InChI is InChI=1S/C9H15N3O3S/c10-11-12-16(13,14)9-3-1-7(2-4-9)5-8-6-15-8/h7-9H,1-6H2. The van der Waals surface area contributed by atoms with Crippen molar-refractivity contribution in [2.24, 2.45) is 10.4 Å². The second-order valence-corrected chi connectivity index (χ2v) is 6.38. The second kappa shape index (κ2) is 4.61. The third-order valence-electron chi connectivity index (χ3n) is 3.36. The molecule has 2 rings (SSSR count). The molecule has 1 atom stereocenters. The lowest BCUT2D eigenvalue weighted by molar-refractivity contribution is 0.293. The molecule has 2 aliphatic rings. The SMILES string of the molecule is [N-]=[N+]=NS(=O)(=O)C1CCC(CC2CO2)CC1. The minimum absolute atomic E-state index is 0.412. The quantitative estimate of drug-likeness (QED) is 0.328. The van der Waals surface area contributed by atoms with Crippen LogP contribution in [0, 0.1) is 5.92 Å². The molecule has 0 aromatic carbocycles. The summed E-state index contributed by atoms with van der Waals surface area (Å²) in [5.41, 5.74) is 8.17. The van der Waals surface area contributed by atoms with Crippen LogP contribution in [0.4, 0.5) is 0 Å². The zero-order chi connectivity index (χ0) is 11.6. The van der Waals surface area contributed by atoms with Crippen LogP contribution in [-0.2, 0) is 14.8 Å². The summed E-state index contributed by atoms with van der Waals surface area (Å²) in [6.07, 6.45) is 4.47. The fourth-order valence-corrected chi connectivity index (χ4v) is 3.46. The van der Waals surface area contributed by atoms with Crippen molar-refractivity contribution in [2.45, 2.75) is 43.5 Å². The normalized spacial score (nSPS) is 34.1. The molecule has 1 unspecified atom stereocenters. The Balaban J connectivity index is 1.86. The molecule has 1 heterocycles. The molecule has 0 aromatic heterocycles. The smallest absolute Gasteiger partial charge is 0.238 e. The molecule has 1 aliphatic carbocycles. The van der Waals surface area contributed by atoms with Crippen LogP contribution in [0.5, 0.6) is 0 Å². The van der Waals surface area contributed by atoms with E-state index in [2.05, 4.69) is 9.43 Å². The lowest BCUT2D eigenvalue weighted by Crippen LogP contribution is -2.26. The number of rotatable bonds is 4. The number of epoxide rings is 1. The molecule has 1 aliphatic heterocycles. The monoisotopic (exact) mass is 245 g/mol. The summed E-state index contributed by atoms with van der Waals surface area (Å²) in [6, 6.07) is 0. The highest BCUT2D eigenvalue weighted by molar-refractivity contribution is 7.90. The van der Waals surface area contributed by atoms with Crippen LogP contribution in [0.1, 0.15) is 32.1 Å². The van der Waals surface area contributed by atoms with Crippen molar-refractivity contribution < 1.29 is 13.2 Å². The summed E-state index contributed by atoms with van der Waals surface area (Å²) in [5, 5.41) is -0.472. The summed E-state index contributed by atoms with van der Waals surface area (Å²) >= 11 is 0. The van der Waals surface area contributed by atoms with E-state index in [9.17, 15) is 8.42 Å². The van der Waals surface area contributed by atoms with Gasteiger partial charge in [0.1, 0.15) is 0 Å². The fourth-order valence-electron chi connectivity index (χ4n) is 2.36. The van der Waals surface area contributed by atoms with Crippen molar-refractivity contribution in [3.05, 3.63) is 10.4 Å². The van der Waals surface area contributed by atoms with Gasteiger partial charge in [-0.15, -0.1) is 0 Å². The fraction of sp³-hybridized carbons (Fsp3) is 1.00. The molecule has 0 N–H and O–H groups in total. The topological polar surface area (TPSA) is 95.4 Å². The van der Waals surface area contributed by atoms with Crippen molar-refractivity contribution in [1.82, 2.24) is 0 Å². The Labute approximate surface area is 94.7 Å². The van der Waals surface area contributed by atoms with Crippen LogP contribution in [0.3, 0.4) is 0 Å². The number of hydrogen-bond acceptors (Lipinski definition) is 3. The van der Waals surface area contributed by atoms with Gasteiger partial charge in [-0.25, -0.2) is 8.42 Å². The van der Waals surface area contributed by atoms with E-state index in [0.29, 0.717) is 24.9 Å². The zero-order valence-electron chi connectivity index (χ0n) is 8.95. The summed E-state index contributed by atoms with van der Waals surface area (Å²) in [5.74, 6) is 0.574. The molecule has 0 amide bonds. The van der Waals surface area contributed by atoms with E-state index in [1.807, 2.05) is 0 Å². The van der Waals surface area contributed by atoms with Gasteiger partial charge in [0.25, 0.3) is 0 Å². The maximum Gasteiger partial charge on any atom is 0.238 e. The van der Waals surface area contributed by atoms with Crippen LogP contribution >= 0.6 is 0 Å². The molecule has 6 nitrogen and oxygen atoms in total. The first-order valence-corrected chi connectivity index (χ1v) is 7.04. The summed E-state index contributed by atoms with van der Waals surface area (Å²) in [4.78, 5) is 2.38. The lowest BCUT2D eigenvalue weighted by Gasteiger charge is -2.26. The Morgan fingerprint density at radius 1 is 1.31 bits per heavy atom. The van der Waals surface area contributed by atoms with E-state index in [-0.39, 0.29) is 0 Å². The summed E-state index contributed by atoms with van der Waals surface area (Å²) < 4.78 is 31.0. The van der Waals surface area contributed by atoms with Crippen LogP contribution in [0.25, 0.3) is 10.4 Å². The molecule has 1 saturated carbocycles. The van der Waals surface area contributed by atoms with Gasteiger partial charge in [-0.05, 0) is 43.6 Å². The van der Waals surface area contributed by atoms with E-state index in [4.69, 9.17) is 10.3 Å². The van der Waals surface area contributed by atoms with Gasteiger partial charge in [0, 0.05) is 9.43 Å². The molecule has 90 valence electrons. The first kappa shape index (κ1) is 11.7. The van der Waals surface area contributed by atoms with Crippen molar-refractivity contribution in [1.29, 1.82) is 0 Å². The van der Waals surface area contributed by atoms with Gasteiger partial charge in [-0.3, -0.25) is 0 Å². The Hall–Kier alpha value is -0.780. The maximum absolute atomic E-state index is 11.5. The van der Waals surface area contributed by atoms with Gasteiger partial charge in [0.2, 0.25) is 10.0 Å². The average molecular weight is 245 g/mol. The van der Waals surface area contributed by atoms with Gasteiger partial charge >= 0.3 is 0 Å². The van der Waals surface area contributed by atoms with Gasteiger partial charge in [0.05, 0.1) is 18.0 Å². The number of sulfonamides is 1. The predicted molar refractivity (Wildman–Crippen MR) is 58.2 cm³/mol. The largest absolute Gasteiger partial charge is 0.373 e. The highest BCUT2D eigenvalue weighted by Crippen LogP contribution is 2.34. The zero-order valence-corrected chi connectivity index (χ0v) is 9.77. The van der Waals surface area contributed by atoms with Crippen LogP contribution in [-0.4, -0.2) is 26.4 Å². The minimum atomic E-state index is -3.59. The first-order valence-electron chi connectivity index (χ1n) is 5.53. The summed E-state index contributed by atoms with van der Waals surface area (Å²) in [6.45, 7) is 0.858. The highest BCUT2D eigenvalue weighted by Gasteiger charge is 2.33. The van der Waals surface area contributed by atoms with Gasteiger partial charge in [-0.2, -0.15) is 0 Å². The van der Waals surface area contributed by atoms with E-state index in [1.165, 1.54) is 0 Å². The third kappa shape index (κ3) is 2.87. The third-order valence-corrected chi connectivity index (χ3v) is 4.98. The molecular weight excluding hydrogens is 230 g/mol. The van der Waals surface area contributed by atoms with Crippen molar-refractivity contribution in [3.8, 4) is 0 Å². The number of nitrogens with zero attached hydrogens (tertiary/aromatic N) is 3. The lowest BCUT2D eigenvalue weighted by atomic mass is 9.86. The Kier molecular flexibility index (Phi) is 3.37. The number of hydrogen-bond donors (Lipinski definition) is 0. The number of azide groups is 1. The van der Waals surface area contributed by atoms with Crippen LogP contribution in [0.15, 0.2) is 4.52 Å². The molecule has 2 fully saturated rings. The van der Waals surface area contributed by atoms with Gasteiger partial charge in [0.15, 0.2) is 0 Å². The van der Waals surface area contributed by atoms with Gasteiger partial charge in [-0.1, -0.05) is 0 Å². The molecular formula is C9H15N3O3S. The highest BCUT2D eigenvalue weighted by atomic mass is 32.2. The van der Waals surface area contributed by atoms with Crippen LogP contribution < -0.4 is 0 Å². The van der Waals surface area contributed by atoms with E-state index in [0.717, 1.165) is 25.9 Å². The molecule has 7 heteroatoms. The summed E-state index contributed by atoms with van der Waals surface area (Å²) in [7, 11) is -3.59. The molecule has 0 aromatic rings. The van der Waals surface area contributed by atoms with Crippen molar-refractivity contribution in [3.63, 3.8) is 0 Å². The van der Waals surface area contributed by atoms with E-state index >= 15 is 0 Å². The Morgan fingerprint density at radius 2 is 1.94 bits per heavy atom. The second-order valence-electron chi connectivity index (χ2n) is 4.52. The maximum atomic E-state index is 11.5. The first-order chi connectivity index (χ1) is 7.62. The van der Waals surface area contributed by atoms with E-state index in [1.54, 1.807) is 0 Å². The molecule has 0 spiro atoms. The Bertz CT molecular complexity index is 390. The van der Waals surface area contributed by atoms with Crippen molar-refractivity contribution in [2.75, 3.05) is 6.61 Å². The van der Waals surface area contributed by atoms with E-state index < -0.39 is 15.3 Å². The molecule has 16 heavy (non-hydrogen) atoms. The molecule has 0 radical (unpaired) electrons. The molecule has 1 saturated heterocycles.